The summed E-state index contributed by atoms with van der Waals surface area (Å²) in [5.41, 5.74) is 11.7. The topological polar surface area (TPSA) is 3.24 Å². The van der Waals surface area contributed by atoms with Crippen molar-refractivity contribution in [3.63, 3.8) is 0 Å². The number of fused-ring (bicyclic) bond motifs is 6. The maximum Gasteiger partial charge on any atom is 0.0537 e. The van der Waals surface area contributed by atoms with E-state index in [1.807, 2.05) is 0 Å². The van der Waals surface area contributed by atoms with Crippen molar-refractivity contribution in [2.24, 2.45) is 0 Å². The van der Waals surface area contributed by atoms with Gasteiger partial charge >= 0.3 is 0 Å². The zero-order valence-electron chi connectivity index (χ0n) is 24.1. The predicted molar refractivity (Wildman–Crippen MR) is 178 cm³/mol. The van der Waals surface area contributed by atoms with Gasteiger partial charge in [-0.2, -0.15) is 0 Å². The van der Waals surface area contributed by atoms with Crippen LogP contribution in [-0.2, 0) is 5.41 Å². The zero-order valence-corrected chi connectivity index (χ0v) is 24.1. The average molecular weight is 540 g/mol. The van der Waals surface area contributed by atoms with Crippen molar-refractivity contribution in [3.8, 4) is 22.3 Å². The molecule has 202 valence electrons. The van der Waals surface area contributed by atoms with E-state index >= 15 is 0 Å². The summed E-state index contributed by atoms with van der Waals surface area (Å²) in [5.74, 6) is 0. The van der Waals surface area contributed by atoms with Gasteiger partial charge < -0.3 is 4.90 Å². The molecular formula is C41H33N. The van der Waals surface area contributed by atoms with Crippen LogP contribution in [0, 0.1) is 0 Å². The second-order valence-corrected chi connectivity index (χ2v) is 12.1. The van der Waals surface area contributed by atoms with E-state index in [2.05, 4.69) is 158 Å². The quantitative estimate of drug-likeness (QED) is 0.216. The first-order valence-corrected chi connectivity index (χ1v) is 15.0. The molecule has 0 aliphatic heterocycles. The summed E-state index contributed by atoms with van der Waals surface area (Å²) in [6.07, 6.45) is 4.41. The SMILES string of the molecule is CC1(C)c2ccccc2-c2ccc(N(C3=c4c(ccc5ccccc45)=CCC3)c3ccccc3-c3ccccc3)cc21. The van der Waals surface area contributed by atoms with E-state index < -0.39 is 0 Å². The maximum absolute atomic E-state index is 2.57. The largest absolute Gasteiger partial charge is 0.313 e. The Labute approximate surface area is 247 Å². The second-order valence-electron chi connectivity index (χ2n) is 12.1. The molecule has 1 heteroatoms. The lowest BCUT2D eigenvalue weighted by Crippen LogP contribution is -2.36. The molecule has 0 atom stereocenters. The van der Waals surface area contributed by atoms with Crippen molar-refractivity contribution in [2.45, 2.75) is 32.1 Å². The number of rotatable bonds is 4. The molecule has 0 N–H and O–H groups in total. The predicted octanol–water partition coefficient (Wildman–Crippen LogP) is 9.33. The normalized spacial score (nSPS) is 14.6. The van der Waals surface area contributed by atoms with Gasteiger partial charge in [-0.3, -0.25) is 0 Å². The average Bonchev–Trinajstić information content (AvgIpc) is 3.28. The van der Waals surface area contributed by atoms with Gasteiger partial charge in [0.1, 0.15) is 0 Å². The summed E-state index contributed by atoms with van der Waals surface area (Å²) in [7, 11) is 0. The van der Waals surface area contributed by atoms with E-state index in [0.717, 1.165) is 12.8 Å². The molecule has 6 aromatic carbocycles. The van der Waals surface area contributed by atoms with Crippen molar-refractivity contribution in [1.82, 2.24) is 0 Å². The Bertz CT molecular complexity index is 2120. The van der Waals surface area contributed by atoms with Gasteiger partial charge in [0.15, 0.2) is 0 Å². The molecule has 0 saturated heterocycles. The van der Waals surface area contributed by atoms with E-state index in [9.17, 15) is 0 Å². The monoisotopic (exact) mass is 539 g/mol. The third-order valence-corrected chi connectivity index (χ3v) is 9.32. The summed E-state index contributed by atoms with van der Waals surface area (Å²) in [5, 5.41) is 5.28. The summed E-state index contributed by atoms with van der Waals surface area (Å²) >= 11 is 0. The molecule has 2 aliphatic carbocycles. The summed E-state index contributed by atoms with van der Waals surface area (Å²) in [6.45, 7) is 4.74. The Morgan fingerprint density at radius 3 is 2.19 bits per heavy atom. The standard InChI is InChI=1S/C41H33N/c1-41(2)36-20-10-8-19-34(36)35-26-25-31(27-37(35)41)42(38-21-11-9-17-32(38)28-13-4-3-5-14-28)39-22-12-16-30-24-23-29-15-6-7-18-33(29)40(30)39/h3-11,13-21,23-27H,12,22H2,1-2H3. The molecule has 42 heavy (non-hydrogen) atoms. The first-order valence-electron chi connectivity index (χ1n) is 15.0. The molecule has 0 unspecified atom stereocenters. The fourth-order valence-corrected chi connectivity index (χ4v) is 7.30. The molecule has 0 spiro atoms. The lowest BCUT2D eigenvalue weighted by molar-refractivity contribution is 0.660. The van der Waals surface area contributed by atoms with E-state index in [-0.39, 0.29) is 5.41 Å². The Morgan fingerprint density at radius 2 is 1.31 bits per heavy atom. The van der Waals surface area contributed by atoms with Crippen LogP contribution in [0.25, 0.3) is 44.8 Å². The smallest absolute Gasteiger partial charge is 0.0537 e. The van der Waals surface area contributed by atoms with Crippen molar-refractivity contribution < 1.29 is 0 Å². The number of hydrogen-bond acceptors (Lipinski definition) is 1. The van der Waals surface area contributed by atoms with Gasteiger partial charge in [-0.15, -0.1) is 0 Å². The highest BCUT2D eigenvalue weighted by Crippen LogP contribution is 2.50. The van der Waals surface area contributed by atoms with Gasteiger partial charge in [-0.05, 0) is 74.8 Å². The van der Waals surface area contributed by atoms with E-state index in [4.69, 9.17) is 0 Å². The van der Waals surface area contributed by atoms with Gasteiger partial charge in [-0.25, -0.2) is 0 Å². The molecule has 6 aromatic rings. The molecule has 0 amide bonds. The number of nitrogens with zero attached hydrogens (tertiary/aromatic N) is 1. The second kappa shape index (κ2) is 9.60. The molecule has 8 rings (SSSR count). The lowest BCUT2D eigenvalue weighted by atomic mass is 9.82. The first kappa shape index (κ1) is 24.9. The highest BCUT2D eigenvalue weighted by molar-refractivity contribution is 5.95. The van der Waals surface area contributed by atoms with Crippen LogP contribution in [0.15, 0.2) is 133 Å². The van der Waals surface area contributed by atoms with Crippen LogP contribution in [0.1, 0.15) is 37.8 Å². The Kier molecular flexibility index (Phi) is 5.69. The van der Waals surface area contributed by atoms with Gasteiger partial charge in [0.25, 0.3) is 0 Å². The zero-order chi connectivity index (χ0) is 28.3. The van der Waals surface area contributed by atoms with E-state index in [0.29, 0.717) is 0 Å². The highest BCUT2D eigenvalue weighted by atomic mass is 15.2. The van der Waals surface area contributed by atoms with Crippen molar-refractivity contribution in [2.75, 3.05) is 4.90 Å². The number of benzene rings is 6. The van der Waals surface area contributed by atoms with Crippen LogP contribution in [-0.4, -0.2) is 0 Å². The molecule has 1 nitrogen and oxygen atoms in total. The van der Waals surface area contributed by atoms with Gasteiger partial charge in [0.05, 0.1) is 5.69 Å². The van der Waals surface area contributed by atoms with Gasteiger partial charge in [-0.1, -0.05) is 135 Å². The van der Waals surface area contributed by atoms with E-state index in [1.165, 1.54) is 71.7 Å². The van der Waals surface area contributed by atoms with Crippen LogP contribution >= 0.6 is 0 Å². The molecule has 2 aliphatic rings. The van der Waals surface area contributed by atoms with E-state index in [1.54, 1.807) is 0 Å². The molecular weight excluding hydrogens is 506 g/mol. The van der Waals surface area contributed by atoms with Gasteiger partial charge in [0, 0.05) is 27.6 Å². The van der Waals surface area contributed by atoms with Gasteiger partial charge in [0.2, 0.25) is 0 Å². The highest BCUT2D eigenvalue weighted by Gasteiger charge is 2.36. The molecule has 0 radical (unpaired) electrons. The number of hydrogen-bond donors (Lipinski definition) is 0. The third kappa shape index (κ3) is 3.77. The minimum absolute atomic E-state index is 0.0673. The Balaban J connectivity index is 1.46. The molecule has 0 aromatic heterocycles. The van der Waals surface area contributed by atoms with Crippen molar-refractivity contribution >= 4 is 33.9 Å². The van der Waals surface area contributed by atoms with Crippen molar-refractivity contribution in [1.29, 1.82) is 0 Å². The minimum atomic E-state index is -0.0673. The Morgan fingerprint density at radius 1 is 0.595 bits per heavy atom. The van der Waals surface area contributed by atoms with Crippen molar-refractivity contribution in [3.05, 3.63) is 155 Å². The molecule has 0 fully saturated rings. The fourth-order valence-electron chi connectivity index (χ4n) is 7.30. The van der Waals surface area contributed by atoms with Crippen LogP contribution in [0.4, 0.5) is 11.4 Å². The number of anilines is 2. The number of para-hydroxylation sites is 1. The summed E-state index contributed by atoms with van der Waals surface area (Å²) < 4.78 is 0. The molecule has 0 saturated carbocycles. The van der Waals surface area contributed by atoms with Crippen LogP contribution in [0.5, 0.6) is 0 Å². The summed E-state index contributed by atoms with van der Waals surface area (Å²) in [4.78, 5) is 2.57. The fraction of sp³-hybridized carbons (Fsp3) is 0.122. The van der Waals surface area contributed by atoms with Crippen LogP contribution < -0.4 is 15.3 Å². The molecule has 0 heterocycles. The Hall–Kier alpha value is -4.88. The van der Waals surface area contributed by atoms with Crippen LogP contribution in [0.3, 0.4) is 0 Å². The first-order chi connectivity index (χ1) is 20.6. The minimum Gasteiger partial charge on any atom is -0.313 e. The maximum atomic E-state index is 2.57. The molecule has 0 bridgehead atoms. The third-order valence-electron chi connectivity index (χ3n) is 9.32. The summed E-state index contributed by atoms with van der Waals surface area (Å²) in [6, 6.07) is 49.2. The lowest BCUT2D eigenvalue weighted by Gasteiger charge is -2.33. The van der Waals surface area contributed by atoms with Crippen LogP contribution in [0.2, 0.25) is 0 Å².